The van der Waals surface area contributed by atoms with Gasteiger partial charge in [-0.2, -0.15) is 12.6 Å². The SMILES string of the molecule is C[C](C(C(S)C(=O)O)C(C)(C)C1CCC(C)CC1=O)[C@@H]1CCC(C)CC1=O. The maximum absolute atomic E-state index is 12.8. The summed E-state index contributed by atoms with van der Waals surface area (Å²) in [6.45, 7) is 10.1. The van der Waals surface area contributed by atoms with Crippen molar-refractivity contribution in [1.82, 2.24) is 0 Å². The summed E-state index contributed by atoms with van der Waals surface area (Å²) in [7, 11) is 0. The third-order valence-corrected chi connectivity index (χ3v) is 7.60. The van der Waals surface area contributed by atoms with Gasteiger partial charge >= 0.3 is 5.97 Å². The van der Waals surface area contributed by atoms with E-state index in [-0.39, 0.29) is 23.4 Å². The van der Waals surface area contributed by atoms with Gasteiger partial charge in [0.1, 0.15) is 16.8 Å². The van der Waals surface area contributed by atoms with E-state index in [0.717, 1.165) is 31.6 Å². The van der Waals surface area contributed by atoms with Gasteiger partial charge in [-0.1, -0.05) is 34.6 Å². The van der Waals surface area contributed by atoms with Gasteiger partial charge in [-0.15, -0.1) is 0 Å². The Balaban J connectivity index is 2.34. The van der Waals surface area contributed by atoms with Crippen LogP contribution in [0, 0.1) is 40.9 Å². The highest BCUT2D eigenvalue weighted by Crippen LogP contribution is 2.51. The molecule has 0 amide bonds. The first-order chi connectivity index (χ1) is 12.5. The van der Waals surface area contributed by atoms with Crippen LogP contribution in [-0.4, -0.2) is 27.9 Å². The van der Waals surface area contributed by atoms with Gasteiger partial charge in [0.05, 0.1) is 0 Å². The van der Waals surface area contributed by atoms with Gasteiger partial charge in [-0.05, 0) is 54.8 Å². The van der Waals surface area contributed by atoms with Crippen molar-refractivity contribution in [2.24, 2.45) is 35.0 Å². The highest BCUT2D eigenvalue weighted by Gasteiger charge is 2.51. The molecule has 27 heavy (non-hydrogen) atoms. The highest BCUT2D eigenvalue weighted by molar-refractivity contribution is 7.81. The summed E-state index contributed by atoms with van der Waals surface area (Å²) >= 11 is 4.44. The summed E-state index contributed by atoms with van der Waals surface area (Å²) < 4.78 is 0. The Bertz CT molecular complexity index is 585. The van der Waals surface area contributed by atoms with Crippen LogP contribution in [0.1, 0.15) is 73.1 Å². The topological polar surface area (TPSA) is 71.4 Å². The number of hydrogen-bond donors (Lipinski definition) is 2. The summed E-state index contributed by atoms with van der Waals surface area (Å²) in [4.78, 5) is 37.4. The summed E-state index contributed by atoms with van der Waals surface area (Å²) in [5.41, 5.74) is -0.546. The fourth-order valence-electron chi connectivity index (χ4n) is 5.49. The molecule has 0 bridgehead atoms. The lowest BCUT2D eigenvalue weighted by molar-refractivity contribution is -0.141. The van der Waals surface area contributed by atoms with Crippen LogP contribution in [0.25, 0.3) is 0 Å². The molecular weight excluding hydrogens is 360 g/mol. The van der Waals surface area contributed by atoms with Gasteiger partial charge in [0, 0.05) is 24.7 Å². The van der Waals surface area contributed by atoms with E-state index in [9.17, 15) is 19.5 Å². The van der Waals surface area contributed by atoms with E-state index in [1.54, 1.807) is 0 Å². The lowest BCUT2D eigenvalue weighted by Crippen LogP contribution is -2.49. The first-order valence-corrected chi connectivity index (χ1v) is 10.8. The van der Waals surface area contributed by atoms with Gasteiger partial charge in [-0.25, -0.2) is 0 Å². The minimum Gasteiger partial charge on any atom is -0.480 e. The number of rotatable bonds is 6. The van der Waals surface area contributed by atoms with Gasteiger partial charge in [0.25, 0.3) is 0 Å². The average Bonchev–Trinajstić information content (AvgIpc) is 2.53. The number of hydrogen-bond acceptors (Lipinski definition) is 4. The molecule has 6 atom stereocenters. The molecule has 0 aromatic heterocycles. The number of carbonyl (C=O) groups excluding carboxylic acids is 2. The number of ketones is 2. The first-order valence-electron chi connectivity index (χ1n) is 10.3. The Labute approximate surface area is 169 Å². The van der Waals surface area contributed by atoms with Gasteiger partial charge in [-0.3, -0.25) is 14.4 Å². The third kappa shape index (κ3) is 4.78. The second kappa shape index (κ2) is 8.67. The average molecular weight is 396 g/mol. The molecule has 0 heterocycles. The summed E-state index contributed by atoms with van der Waals surface area (Å²) in [5, 5.41) is 8.80. The monoisotopic (exact) mass is 395 g/mol. The Hall–Kier alpha value is -0.840. The maximum atomic E-state index is 12.8. The molecule has 0 aromatic rings. The molecule has 0 aliphatic heterocycles. The molecule has 2 rings (SSSR count). The van der Waals surface area contributed by atoms with Crippen LogP contribution in [0.5, 0.6) is 0 Å². The molecule has 0 aromatic carbocycles. The smallest absolute Gasteiger partial charge is 0.316 e. The molecule has 1 N–H and O–H groups in total. The number of carboxylic acids is 1. The molecule has 5 unspecified atom stereocenters. The number of carbonyl (C=O) groups is 3. The Morgan fingerprint density at radius 3 is 2.04 bits per heavy atom. The van der Waals surface area contributed by atoms with Crippen molar-refractivity contribution >= 4 is 30.2 Å². The van der Waals surface area contributed by atoms with E-state index < -0.39 is 22.6 Å². The zero-order valence-electron chi connectivity index (χ0n) is 17.3. The van der Waals surface area contributed by atoms with Crippen LogP contribution in [0.15, 0.2) is 0 Å². The number of Topliss-reactive ketones (excluding diaryl/α,β-unsaturated/α-hetero) is 2. The molecule has 2 aliphatic rings. The quantitative estimate of drug-likeness (QED) is 0.644. The molecule has 2 saturated carbocycles. The Morgan fingerprint density at radius 1 is 1.04 bits per heavy atom. The zero-order chi connectivity index (χ0) is 20.5. The minimum absolute atomic E-state index is 0.180. The number of aliphatic carboxylic acids is 1. The maximum Gasteiger partial charge on any atom is 0.316 e. The fraction of sp³-hybridized carbons (Fsp3) is 0.818. The molecule has 0 saturated heterocycles. The molecule has 4 nitrogen and oxygen atoms in total. The summed E-state index contributed by atoms with van der Waals surface area (Å²) in [6, 6.07) is 0. The molecule has 0 spiro atoms. The van der Waals surface area contributed by atoms with Crippen molar-refractivity contribution in [2.45, 2.75) is 78.4 Å². The second-order valence-electron chi connectivity index (χ2n) is 9.64. The van der Waals surface area contributed by atoms with Crippen molar-refractivity contribution in [3.8, 4) is 0 Å². The molecule has 5 heteroatoms. The van der Waals surface area contributed by atoms with Gasteiger partial charge < -0.3 is 5.11 Å². The van der Waals surface area contributed by atoms with E-state index in [2.05, 4.69) is 26.5 Å². The minimum atomic E-state index is -0.982. The zero-order valence-corrected chi connectivity index (χ0v) is 18.2. The highest BCUT2D eigenvalue weighted by atomic mass is 32.1. The number of carboxylic acid groups (broad SMARTS) is 1. The lowest BCUT2D eigenvalue weighted by Gasteiger charge is -2.48. The van der Waals surface area contributed by atoms with Crippen LogP contribution in [0.2, 0.25) is 0 Å². The van der Waals surface area contributed by atoms with Crippen LogP contribution in [-0.2, 0) is 14.4 Å². The van der Waals surface area contributed by atoms with Crippen molar-refractivity contribution in [1.29, 1.82) is 0 Å². The molecule has 153 valence electrons. The van der Waals surface area contributed by atoms with Crippen LogP contribution >= 0.6 is 12.6 Å². The second-order valence-corrected chi connectivity index (χ2v) is 10.2. The van der Waals surface area contributed by atoms with E-state index in [1.807, 2.05) is 20.8 Å². The summed E-state index contributed by atoms with van der Waals surface area (Å²) in [6.07, 6.45) is 4.63. The largest absolute Gasteiger partial charge is 0.480 e. The van der Waals surface area contributed by atoms with Crippen LogP contribution in [0.4, 0.5) is 0 Å². The normalized spacial score (nSPS) is 32.4. The Kier molecular flexibility index (Phi) is 7.21. The first kappa shape index (κ1) is 22.4. The molecule has 2 aliphatic carbocycles. The predicted octanol–water partition coefficient (Wildman–Crippen LogP) is 4.62. The Morgan fingerprint density at radius 2 is 1.56 bits per heavy atom. The van der Waals surface area contributed by atoms with E-state index in [0.29, 0.717) is 24.7 Å². The third-order valence-electron chi connectivity index (χ3n) is 7.08. The molecule has 2 fully saturated rings. The predicted molar refractivity (Wildman–Crippen MR) is 110 cm³/mol. The standard InChI is InChI=1S/C22H35O4S/c1-12-6-8-15(17(23)10-12)14(3)19(20(27)21(25)26)22(4,5)16-9-7-13(2)11-18(16)24/h12-13,15-16,19-20,27H,6-11H2,1-5H3,(H,25,26)/t12?,13?,15-,16?,19?,20?/m0/s1. The van der Waals surface area contributed by atoms with E-state index in [4.69, 9.17) is 0 Å². The van der Waals surface area contributed by atoms with E-state index in [1.165, 1.54) is 0 Å². The molecular formula is C22H35O4S. The lowest BCUT2D eigenvalue weighted by atomic mass is 9.56. The fourth-order valence-corrected chi connectivity index (χ4v) is 6.11. The van der Waals surface area contributed by atoms with Crippen molar-refractivity contribution in [3.63, 3.8) is 0 Å². The molecule has 1 radical (unpaired) electrons. The van der Waals surface area contributed by atoms with Crippen molar-refractivity contribution in [2.75, 3.05) is 0 Å². The van der Waals surface area contributed by atoms with Crippen molar-refractivity contribution < 1.29 is 19.5 Å². The van der Waals surface area contributed by atoms with Gasteiger partial charge in [0.2, 0.25) is 0 Å². The van der Waals surface area contributed by atoms with Gasteiger partial charge in [0.15, 0.2) is 0 Å². The number of thiol groups is 1. The van der Waals surface area contributed by atoms with Crippen LogP contribution < -0.4 is 0 Å². The van der Waals surface area contributed by atoms with E-state index >= 15 is 0 Å². The summed E-state index contributed by atoms with van der Waals surface area (Å²) in [5.74, 6) is 0.337. The van der Waals surface area contributed by atoms with Crippen LogP contribution in [0.3, 0.4) is 0 Å². The van der Waals surface area contributed by atoms with Crippen molar-refractivity contribution in [3.05, 3.63) is 5.92 Å².